The van der Waals surface area contributed by atoms with E-state index in [4.69, 9.17) is 0 Å². The van der Waals surface area contributed by atoms with E-state index < -0.39 is 10.0 Å². The molecule has 0 radical (unpaired) electrons. The molecule has 0 saturated carbocycles. The zero-order chi connectivity index (χ0) is 13.1. The van der Waals surface area contributed by atoms with Gasteiger partial charge in [-0.3, -0.25) is 4.79 Å². The lowest BCUT2D eigenvalue weighted by Crippen LogP contribution is -2.51. The fourth-order valence-corrected chi connectivity index (χ4v) is 2.24. The zero-order valence-electron chi connectivity index (χ0n) is 10.4. The van der Waals surface area contributed by atoms with Crippen LogP contribution in [0.2, 0.25) is 0 Å². The predicted molar refractivity (Wildman–Crippen MR) is 65.6 cm³/mol. The SMILES string of the molecule is CC(C)C#CCN1CCN(S(C)(=O)=O)CC1=O. The maximum absolute atomic E-state index is 11.7. The van der Waals surface area contributed by atoms with Gasteiger partial charge < -0.3 is 4.90 Å². The third-order valence-electron chi connectivity index (χ3n) is 2.41. The van der Waals surface area contributed by atoms with Crippen LogP contribution in [0.15, 0.2) is 0 Å². The molecule has 6 heteroatoms. The normalized spacial score (nSPS) is 18.1. The van der Waals surface area contributed by atoms with E-state index in [1.807, 2.05) is 13.8 Å². The Balaban J connectivity index is 2.56. The molecular weight excluding hydrogens is 240 g/mol. The van der Waals surface area contributed by atoms with Gasteiger partial charge >= 0.3 is 0 Å². The van der Waals surface area contributed by atoms with E-state index >= 15 is 0 Å². The van der Waals surface area contributed by atoms with E-state index in [9.17, 15) is 13.2 Å². The van der Waals surface area contributed by atoms with Crippen LogP contribution in [0.3, 0.4) is 0 Å². The second kappa shape index (κ2) is 5.52. The van der Waals surface area contributed by atoms with Gasteiger partial charge in [0.05, 0.1) is 19.3 Å². The lowest BCUT2D eigenvalue weighted by atomic mass is 10.2. The largest absolute Gasteiger partial charge is 0.329 e. The van der Waals surface area contributed by atoms with E-state index in [0.29, 0.717) is 19.6 Å². The zero-order valence-corrected chi connectivity index (χ0v) is 11.2. The molecule has 0 unspecified atom stereocenters. The van der Waals surface area contributed by atoms with Gasteiger partial charge in [-0.2, -0.15) is 4.31 Å². The number of carbonyl (C=O) groups excluding carboxylic acids is 1. The minimum absolute atomic E-state index is 0.0673. The molecule has 5 nitrogen and oxygen atoms in total. The number of piperazine rings is 1. The lowest BCUT2D eigenvalue weighted by Gasteiger charge is -2.31. The highest BCUT2D eigenvalue weighted by molar-refractivity contribution is 7.88. The van der Waals surface area contributed by atoms with Crippen molar-refractivity contribution in [1.29, 1.82) is 0 Å². The summed E-state index contributed by atoms with van der Waals surface area (Å²) in [6.07, 6.45) is 1.12. The molecule has 0 aliphatic carbocycles. The van der Waals surface area contributed by atoms with Crippen LogP contribution < -0.4 is 0 Å². The first-order chi connectivity index (χ1) is 7.80. The van der Waals surface area contributed by atoms with Gasteiger partial charge in [0.2, 0.25) is 15.9 Å². The quantitative estimate of drug-likeness (QED) is 0.642. The molecular formula is C11H18N2O3S. The Morgan fingerprint density at radius 1 is 1.35 bits per heavy atom. The number of amides is 1. The highest BCUT2D eigenvalue weighted by Crippen LogP contribution is 2.06. The molecule has 0 aromatic carbocycles. The van der Waals surface area contributed by atoms with Gasteiger partial charge in [-0.25, -0.2) is 8.42 Å². The number of carbonyl (C=O) groups is 1. The molecule has 0 N–H and O–H groups in total. The van der Waals surface area contributed by atoms with E-state index in [-0.39, 0.29) is 18.4 Å². The van der Waals surface area contributed by atoms with Crippen molar-refractivity contribution in [1.82, 2.24) is 9.21 Å². The third-order valence-corrected chi connectivity index (χ3v) is 3.66. The molecule has 1 rings (SSSR count). The summed E-state index contributed by atoms with van der Waals surface area (Å²) in [5.74, 6) is 6.00. The van der Waals surface area contributed by atoms with Crippen LogP contribution in [0.1, 0.15) is 13.8 Å². The molecule has 0 aromatic rings. The molecule has 1 aliphatic rings. The van der Waals surface area contributed by atoms with Gasteiger partial charge in [0, 0.05) is 19.0 Å². The second-order valence-corrected chi connectivity index (χ2v) is 6.37. The van der Waals surface area contributed by atoms with E-state index in [1.165, 1.54) is 4.31 Å². The van der Waals surface area contributed by atoms with Crippen molar-refractivity contribution in [2.75, 3.05) is 32.4 Å². The average Bonchev–Trinajstić information content (AvgIpc) is 2.18. The van der Waals surface area contributed by atoms with E-state index in [1.54, 1.807) is 4.90 Å². The third kappa shape index (κ3) is 4.36. The molecule has 1 saturated heterocycles. The summed E-state index contributed by atoms with van der Waals surface area (Å²) < 4.78 is 23.7. The summed E-state index contributed by atoms with van der Waals surface area (Å²) in [4.78, 5) is 13.3. The van der Waals surface area contributed by atoms with Crippen molar-refractivity contribution in [2.45, 2.75) is 13.8 Å². The van der Waals surface area contributed by atoms with Crippen LogP contribution in [0, 0.1) is 17.8 Å². The Morgan fingerprint density at radius 2 is 2.00 bits per heavy atom. The van der Waals surface area contributed by atoms with Crippen molar-refractivity contribution in [2.24, 2.45) is 5.92 Å². The Morgan fingerprint density at radius 3 is 2.47 bits per heavy atom. The first-order valence-electron chi connectivity index (χ1n) is 5.52. The minimum atomic E-state index is -3.27. The van der Waals surface area contributed by atoms with Crippen LogP contribution >= 0.6 is 0 Å². The Bertz CT molecular complexity index is 445. The smallest absolute Gasteiger partial charge is 0.238 e. The molecule has 1 heterocycles. The van der Waals surface area contributed by atoms with Crippen molar-refractivity contribution in [3.8, 4) is 11.8 Å². The molecule has 0 aromatic heterocycles. The molecule has 1 fully saturated rings. The molecule has 96 valence electrons. The van der Waals surface area contributed by atoms with Crippen LogP contribution in [0.25, 0.3) is 0 Å². The van der Waals surface area contributed by atoms with Crippen molar-refractivity contribution < 1.29 is 13.2 Å². The number of hydrogen-bond donors (Lipinski definition) is 0. The summed E-state index contributed by atoms with van der Waals surface area (Å²) in [5, 5.41) is 0. The fraction of sp³-hybridized carbons (Fsp3) is 0.727. The van der Waals surface area contributed by atoms with Gasteiger partial charge in [0.25, 0.3) is 0 Å². The Kier molecular flexibility index (Phi) is 4.54. The summed E-state index contributed by atoms with van der Waals surface area (Å²) in [7, 11) is -3.27. The molecule has 1 aliphatic heterocycles. The van der Waals surface area contributed by atoms with Crippen LogP contribution in [0.4, 0.5) is 0 Å². The summed E-state index contributed by atoms with van der Waals surface area (Å²) in [5.41, 5.74) is 0. The first-order valence-corrected chi connectivity index (χ1v) is 7.37. The lowest BCUT2D eigenvalue weighted by molar-refractivity contribution is -0.133. The highest BCUT2D eigenvalue weighted by atomic mass is 32.2. The number of nitrogens with zero attached hydrogens (tertiary/aromatic N) is 2. The summed E-state index contributed by atoms with van der Waals surface area (Å²) >= 11 is 0. The standard InChI is InChI=1S/C11H18N2O3S/c1-10(2)5-4-6-12-7-8-13(9-11(12)14)17(3,15)16/h10H,6-9H2,1-3H3. The molecule has 0 atom stereocenters. The van der Waals surface area contributed by atoms with Crippen molar-refractivity contribution in [3.05, 3.63) is 0 Å². The number of hydrogen-bond acceptors (Lipinski definition) is 3. The van der Waals surface area contributed by atoms with Crippen LogP contribution in [-0.4, -0.2) is 56.0 Å². The van der Waals surface area contributed by atoms with E-state index in [2.05, 4.69) is 11.8 Å². The maximum atomic E-state index is 11.7. The maximum Gasteiger partial charge on any atom is 0.238 e. The Hall–Kier alpha value is -1.06. The van der Waals surface area contributed by atoms with Gasteiger partial charge in [-0.15, -0.1) is 0 Å². The summed E-state index contributed by atoms with van der Waals surface area (Å²) in [6, 6.07) is 0. The Labute approximate surface area is 103 Å². The van der Waals surface area contributed by atoms with Gasteiger partial charge in [-0.05, 0) is 0 Å². The van der Waals surface area contributed by atoms with Gasteiger partial charge in [0.1, 0.15) is 0 Å². The van der Waals surface area contributed by atoms with Crippen LogP contribution in [0.5, 0.6) is 0 Å². The number of rotatable bonds is 2. The second-order valence-electron chi connectivity index (χ2n) is 4.39. The predicted octanol–water partition coefficient (Wildman–Crippen LogP) is -0.250. The average molecular weight is 258 g/mol. The fourth-order valence-electron chi connectivity index (χ4n) is 1.48. The number of sulfonamides is 1. The van der Waals surface area contributed by atoms with Gasteiger partial charge in [-0.1, -0.05) is 25.7 Å². The topological polar surface area (TPSA) is 57.7 Å². The molecule has 17 heavy (non-hydrogen) atoms. The minimum Gasteiger partial charge on any atom is -0.329 e. The highest BCUT2D eigenvalue weighted by Gasteiger charge is 2.28. The molecule has 0 spiro atoms. The summed E-state index contributed by atoms with van der Waals surface area (Å²) in [6.45, 7) is 5.05. The van der Waals surface area contributed by atoms with Gasteiger partial charge in [0.15, 0.2) is 0 Å². The monoisotopic (exact) mass is 258 g/mol. The van der Waals surface area contributed by atoms with Crippen molar-refractivity contribution in [3.63, 3.8) is 0 Å². The molecule has 1 amide bonds. The van der Waals surface area contributed by atoms with Crippen molar-refractivity contribution >= 4 is 15.9 Å². The van der Waals surface area contributed by atoms with E-state index in [0.717, 1.165) is 6.26 Å². The first kappa shape index (κ1) is 14.0. The molecule has 0 bridgehead atoms. The van der Waals surface area contributed by atoms with Crippen LogP contribution in [-0.2, 0) is 14.8 Å².